The molecule has 0 heterocycles. The lowest BCUT2D eigenvalue weighted by Crippen LogP contribution is -2.14. The highest BCUT2D eigenvalue weighted by molar-refractivity contribution is 4.71. The highest BCUT2D eigenvalue weighted by Crippen LogP contribution is 2.33. The van der Waals surface area contributed by atoms with Gasteiger partial charge in [0.1, 0.15) is 0 Å². The van der Waals surface area contributed by atoms with Gasteiger partial charge in [-0.05, 0) is 24.2 Å². The molecular weight excluding hydrogens is 300 g/mol. The summed E-state index contributed by atoms with van der Waals surface area (Å²) in [7, 11) is 0. The van der Waals surface area contributed by atoms with Crippen LogP contribution in [0.5, 0.6) is 0 Å². The second-order valence-corrected chi connectivity index (χ2v) is 9.44. The summed E-state index contributed by atoms with van der Waals surface area (Å²) in [4.78, 5) is 0. The van der Waals surface area contributed by atoms with Gasteiger partial charge in [0.25, 0.3) is 0 Å². The molecule has 0 spiro atoms. The zero-order valence-corrected chi connectivity index (χ0v) is 18.8. The quantitative estimate of drug-likeness (QED) is 0.203. The first-order chi connectivity index (χ1) is 12.0. The Bertz CT molecular complexity index is 255. The molecule has 0 fully saturated rings. The zero-order chi connectivity index (χ0) is 18.8. The van der Waals surface area contributed by atoms with E-state index in [9.17, 15) is 0 Å². The van der Waals surface area contributed by atoms with Crippen LogP contribution in [0, 0.1) is 11.3 Å². The zero-order valence-electron chi connectivity index (χ0n) is 18.8. The summed E-state index contributed by atoms with van der Waals surface area (Å²) in [5.41, 5.74) is 0.629. The Hall–Kier alpha value is 0. The average Bonchev–Trinajstić information content (AvgIpc) is 2.58. The van der Waals surface area contributed by atoms with Crippen LogP contribution in [0.1, 0.15) is 150 Å². The van der Waals surface area contributed by atoms with E-state index in [-0.39, 0.29) is 0 Å². The molecule has 25 heavy (non-hydrogen) atoms. The van der Waals surface area contributed by atoms with E-state index in [1.54, 1.807) is 0 Å². The van der Waals surface area contributed by atoms with Gasteiger partial charge in [0.2, 0.25) is 0 Å². The van der Waals surface area contributed by atoms with Crippen LogP contribution < -0.4 is 0 Å². The van der Waals surface area contributed by atoms with Crippen LogP contribution >= 0.6 is 0 Å². The first-order valence-corrected chi connectivity index (χ1v) is 12.0. The Labute approximate surface area is 161 Å². The molecule has 152 valence electrons. The number of rotatable bonds is 19. The van der Waals surface area contributed by atoms with E-state index in [1.165, 1.54) is 116 Å². The van der Waals surface area contributed by atoms with Gasteiger partial charge in [-0.1, -0.05) is 137 Å². The van der Waals surface area contributed by atoms with E-state index in [2.05, 4.69) is 34.6 Å². The molecule has 0 bridgehead atoms. The van der Waals surface area contributed by atoms with Gasteiger partial charge in [0, 0.05) is 0 Å². The molecular formula is C25H52. The van der Waals surface area contributed by atoms with E-state index in [4.69, 9.17) is 0 Å². The maximum atomic E-state index is 2.50. The van der Waals surface area contributed by atoms with E-state index in [1.807, 2.05) is 0 Å². The van der Waals surface area contributed by atoms with Gasteiger partial charge < -0.3 is 0 Å². The normalized spacial score (nSPS) is 14.2. The molecule has 0 aromatic rings. The third kappa shape index (κ3) is 17.2. The van der Waals surface area contributed by atoms with Crippen LogP contribution in [0.4, 0.5) is 0 Å². The predicted octanol–water partition coefficient (Wildman–Crippen LogP) is 9.71. The number of unbranched alkanes of at least 4 members (excludes halogenated alkanes) is 12. The minimum atomic E-state index is 0.629. The fourth-order valence-corrected chi connectivity index (χ4v) is 4.13. The topological polar surface area (TPSA) is 0 Å². The lowest BCUT2D eigenvalue weighted by Gasteiger charge is -2.27. The summed E-state index contributed by atoms with van der Waals surface area (Å²) in [5.74, 6) is 0.896. The highest BCUT2D eigenvalue weighted by atomic mass is 14.2. The smallest absolute Gasteiger partial charge is 0.0329 e. The summed E-state index contributed by atoms with van der Waals surface area (Å²) < 4.78 is 0. The molecule has 0 N–H and O–H groups in total. The SMILES string of the molecule is CCCC(C)(CC)CCCCCCCCCCCCCCCC(C)C. The van der Waals surface area contributed by atoms with E-state index >= 15 is 0 Å². The molecule has 0 rings (SSSR count). The second kappa shape index (κ2) is 17.4. The molecule has 0 aliphatic rings. The van der Waals surface area contributed by atoms with Crippen LogP contribution in [0.3, 0.4) is 0 Å². The van der Waals surface area contributed by atoms with Crippen molar-refractivity contribution in [2.45, 2.75) is 150 Å². The Morgan fingerprint density at radius 1 is 0.560 bits per heavy atom. The Morgan fingerprint density at radius 2 is 0.960 bits per heavy atom. The molecule has 0 heteroatoms. The average molecular weight is 353 g/mol. The van der Waals surface area contributed by atoms with Crippen LogP contribution in [-0.4, -0.2) is 0 Å². The molecule has 0 amide bonds. The fraction of sp³-hybridized carbons (Fsp3) is 1.00. The third-order valence-electron chi connectivity index (χ3n) is 6.27. The largest absolute Gasteiger partial charge is 0.0654 e. The molecule has 0 saturated carbocycles. The minimum Gasteiger partial charge on any atom is -0.0654 e. The summed E-state index contributed by atoms with van der Waals surface area (Å²) in [6.07, 6.45) is 26.2. The molecule has 0 nitrogen and oxygen atoms in total. The molecule has 1 atom stereocenters. The van der Waals surface area contributed by atoms with E-state index in [0.717, 1.165) is 5.92 Å². The molecule has 0 aromatic carbocycles. The highest BCUT2D eigenvalue weighted by Gasteiger charge is 2.19. The maximum Gasteiger partial charge on any atom is -0.0329 e. The molecule has 0 saturated heterocycles. The molecule has 0 aromatic heterocycles. The predicted molar refractivity (Wildman–Crippen MR) is 117 cm³/mol. The van der Waals surface area contributed by atoms with Crippen molar-refractivity contribution in [2.75, 3.05) is 0 Å². The van der Waals surface area contributed by atoms with Crippen molar-refractivity contribution in [3.05, 3.63) is 0 Å². The summed E-state index contributed by atoms with van der Waals surface area (Å²) in [6.45, 7) is 11.9. The van der Waals surface area contributed by atoms with Crippen molar-refractivity contribution in [1.82, 2.24) is 0 Å². The van der Waals surface area contributed by atoms with Gasteiger partial charge in [0.15, 0.2) is 0 Å². The van der Waals surface area contributed by atoms with Gasteiger partial charge >= 0.3 is 0 Å². The lowest BCUT2D eigenvalue weighted by atomic mass is 9.78. The molecule has 1 unspecified atom stereocenters. The Kier molecular flexibility index (Phi) is 17.4. The van der Waals surface area contributed by atoms with E-state index in [0.29, 0.717) is 5.41 Å². The van der Waals surface area contributed by atoms with Crippen LogP contribution in [0.25, 0.3) is 0 Å². The van der Waals surface area contributed by atoms with E-state index < -0.39 is 0 Å². The minimum absolute atomic E-state index is 0.629. The van der Waals surface area contributed by atoms with Gasteiger partial charge in [-0.2, -0.15) is 0 Å². The van der Waals surface area contributed by atoms with Crippen molar-refractivity contribution >= 4 is 0 Å². The van der Waals surface area contributed by atoms with Crippen molar-refractivity contribution in [3.63, 3.8) is 0 Å². The number of hydrogen-bond donors (Lipinski definition) is 0. The van der Waals surface area contributed by atoms with Crippen molar-refractivity contribution < 1.29 is 0 Å². The lowest BCUT2D eigenvalue weighted by molar-refractivity contribution is 0.248. The van der Waals surface area contributed by atoms with Crippen molar-refractivity contribution in [1.29, 1.82) is 0 Å². The van der Waals surface area contributed by atoms with Gasteiger partial charge in [-0.3, -0.25) is 0 Å². The maximum absolute atomic E-state index is 2.50. The first kappa shape index (κ1) is 25.0. The monoisotopic (exact) mass is 352 g/mol. The first-order valence-electron chi connectivity index (χ1n) is 12.0. The van der Waals surface area contributed by atoms with Gasteiger partial charge in [-0.15, -0.1) is 0 Å². The molecule has 0 aliphatic heterocycles. The van der Waals surface area contributed by atoms with Crippen LogP contribution in [0.15, 0.2) is 0 Å². The van der Waals surface area contributed by atoms with Gasteiger partial charge in [-0.25, -0.2) is 0 Å². The summed E-state index contributed by atoms with van der Waals surface area (Å²) >= 11 is 0. The Balaban J connectivity index is 3.21. The molecule has 0 radical (unpaired) electrons. The van der Waals surface area contributed by atoms with Gasteiger partial charge in [0.05, 0.1) is 0 Å². The van der Waals surface area contributed by atoms with Crippen molar-refractivity contribution in [2.24, 2.45) is 11.3 Å². The fourth-order valence-electron chi connectivity index (χ4n) is 4.13. The summed E-state index contributed by atoms with van der Waals surface area (Å²) in [5, 5.41) is 0. The van der Waals surface area contributed by atoms with Crippen LogP contribution in [0.2, 0.25) is 0 Å². The third-order valence-corrected chi connectivity index (χ3v) is 6.27. The van der Waals surface area contributed by atoms with Crippen LogP contribution in [-0.2, 0) is 0 Å². The summed E-state index contributed by atoms with van der Waals surface area (Å²) in [6, 6.07) is 0. The molecule has 0 aliphatic carbocycles. The number of hydrogen-bond acceptors (Lipinski definition) is 0. The second-order valence-electron chi connectivity index (χ2n) is 9.44. The van der Waals surface area contributed by atoms with Crippen molar-refractivity contribution in [3.8, 4) is 0 Å². The standard InChI is InChI=1S/C25H52/c1-6-22-25(5,7-2)23-20-18-16-14-12-10-8-9-11-13-15-17-19-21-24(3)4/h24H,6-23H2,1-5H3. The Morgan fingerprint density at radius 3 is 1.32 bits per heavy atom.